The largest absolute Gasteiger partial charge is 0.342 e. The zero-order valence-corrected chi connectivity index (χ0v) is 5.23. The highest BCUT2D eigenvalue weighted by Crippen LogP contribution is 2.12. The fourth-order valence-corrected chi connectivity index (χ4v) is 0. The van der Waals surface area contributed by atoms with E-state index in [1.807, 2.05) is 0 Å². The van der Waals surface area contributed by atoms with Gasteiger partial charge in [0.1, 0.15) is 0 Å². The molecular weight excluding hydrogens is 113 g/mol. The van der Waals surface area contributed by atoms with Gasteiger partial charge >= 0.3 is 0 Å². The van der Waals surface area contributed by atoms with Crippen molar-refractivity contribution in [1.82, 2.24) is 0 Å². The summed E-state index contributed by atoms with van der Waals surface area (Å²) in [6, 6.07) is 0. The summed E-state index contributed by atoms with van der Waals surface area (Å²) in [6.45, 7) is 0. The molecule has 6 heteroatoms. The van der Waals surface area contributed by atoms with Crippen LogP contribution in [0.2, 0.25) is 0 Å². The van der Waals surface area contributed by atoms with Crippen LogP contribution in [0.25, 0.3) is 0 Å². The summed E-state index contributed by atoms with van der Waals surface area (Å²) in [7, 11) is 20.2. The molecule has 34 valence electrons. The van der Waals surface area contributed by atoms with Crippen LogP contribution in [0.1, 0.15) is 0 Å². The zero-order valence-electron chi connectivity index (χ0n) is 4.33. The second kappa shape index (κ2) is 2.07. The van der Waals surface area contributed by atoms with Crippen LogP contribution in [0.15, 0.2) is 0 Å². The van der Waals surface area contributed by atoms with Gasteiger partial charge in [-0.05, 0) is 0 Å². The summed E-state index contributed by atoms with van der Waals surface area (Å²) in [6.07, 6.45) is 0. The Morgan fingerprint density at radius 3 is 1.25 bits per heavy atom. The summed E-state index contributed by atoms with van der Waals surface area (Å²) in [5, 5.41) is -1.64. The minimum atomic E-state index is -1.64. The van der Waals surface area contributed by atoms with Crippen molar-refractivity contribution in [2.75, 3.05) is 0 Å². The van der Waals surface area contributed by atoms with Gasteiger partial charge in [-0.1, -0.05) is 9.88 Å². The van der Waals surface area contributed by atoms with Gasteiger partial charge in [0, 0.05) is 0 Å². The van der Waals surface area contributed by atoms with Crippen molar-refractivity contribution in [3.8, 4) is 0 Å². The van der Waals surface area contributed by atoms with Crippen molar-refractivity contribution >= 4 is 44.0 Å². The lowest BCUT2D eigenvalue weighted by molar-refractivity contribution is 0.856. The predicted molar refractivity (Wildman–Crippen MR) is 41.7 cm³/mol. The molecule has 0 aromatic carbocycles. The molecule has 8 heavy (non-hydrogen) atoms. The minimum Gasteiger partial charge on any atom is -0.342 e. The molecular formula is C2H3B4NS. The van der Waals surface area contributed by atoms with Crippen molar-refractivity contribution < 1.29 is 0 Å². The second-order valence-corrected chi connectivity index (χ2v) is 2.50. The third kappa shape index (κ3) is 2.23. The van der Waals surface area contributed by atoms with Crippen LogP contribution in [0.5, 0.6) is 0 Å². The smallest absolute Gasteiger partial charge is 0.0815 e. The fraction of sp³-hybridized carbons (Fsp3) is 1.00. The predicted octanol–water partition coefficient (Wildman–Crippen LogP) is -2.14. The first-order valence-corrected chi connectivity index (χ1v) is 2.36. The van der Waals surface area contributed by atoms with Crippen molar-refractivity contribution in [2.24, 2.45) is 5.73 Å². The highest BCUT2D eigenvalue weighted by atomic mass is 32.1. The van der Waals surface area contributed by atoms with Gasteiger partial charge in [-0.2, -0.15) is 12.6 Å². The van der Waals surface area contributed by atoms with Crippen molar-refractivity contribution in [3.63, 3.8) is 0 Å². The Morgan fingerprint density at radius 2 is 1.25 bits per heavy atom. The number of nitrogens with two attached hydrogens (primary N) is 1. The van der Waals surface area contributed by atoms with Crippen molar-refractivity contribution in [2.45, 2.75) is 9.88 Å². The molecule has 0 saturated carbocycles. The molecule has 0 aliphatic rings. The van der Waals surface area contributed by atoms with Gasteiger partial charge in [0.05, 0.1) is 31.4 Å². The molecule has 1 nitrogen and oxygen atoms in total. The minimum absolute atomic E-state index is 1.53. The van der Waals surface area contributed by atoms with Gasteiger partial charge in [-0.25, -0.2) is 0 Å². The van der Waals surface area contributed by atoms with E-state index >= 15 is 0 Å². The number of thiol groups is 1. The van der Waals surface area contributed by atoms with Crippen LogP contribution in [0, 0.1) is 0 Å². The molecule has 0 unspecified atom stereocenters. The Morgan fingerprint density at radius 1 is 1.12 bits per heavy atom. The highest BCUT2D eigenvalue weighted by molar-refractivity contribution is 7.85. The average Bonchev–Trinajstić information content (AvgIpc) is 1.25. The number of hydrogen-bond acceptors (Lipinski definition) is 2. The average molecular weight is 116 g/mol. The molecule has 0 aliphatic carbocycles. The standard InChI is InChI=1S/C2H3B4NS/c3-1(4,7)2(5,6)8/h8H,7H2. The molecule has 0 aromatic heterocycles. The number of rotatable bonds is 1. The van der Waals surface area contributed by atoms with Gasteiger partial charge in [0.25, 0.3) is 0 Å². The van der Waals surface area contributed by atoms with Crippen LogP contribution < -0.4 is 5.73 Å². The first-order valence-electron chi connectivity index (χ1n) is 1.92. The van der Waals surface area contributed by atoms with Crippen LogP contribution in [-0.2, 0) is 0 Å². The Bertz CT molecular complexity index is 69.0. The van der Waals surface area contributed by atoms with E-state index < -0.39 is 9.88 Å². The monoisotopic (exact) mass is 117 g/mol. The molecule has 8 radical (unpaired) electrons. The van der Waals surface area contributed by atoms with E-state index in [1.54, 1.807) is 0 Å². The Hall–Kier alpha value is 0.570. The molecule has 0 bridgehead atoms. The van der Waals surface area contributed by atoms with E-state index in [0.717, 1.165) is 0 Å². The van der Waals surface area contributed by atoms with E-state index in [2.05, 4.69) is 12.6 Å². The van der Waals surface area contributed by atoms with Gasteiger partial charge in [0.15, 0.2) is 0 Å². The van der Waals surface area contributed by atoms with Gasteiger partial charge in [0.2, 0.25) is 0 Å². The van der Waals surface area contributed by atoms with Gasteiger partial charge < -0.3 is 5.73 Å². The molecule has 0 aromatic rings. The van der Waals surface area contributed by atoms with Crippen LogP contribution in [0.4, 0.5) is 0 Å². The lowest BCUT2D eigenvalue weighted by Gasteiger charge is -2.36. The normalized spacial score (nSPS) is 13.8. The van der Waals surface area contributed by atoms with Crippen LogP contribution in [-0.4, -0.2) is 41.3 Å². The molecule has 0 atom stereocenters. The molecule has 0 rings (SSSR count). The Balaban J connectivity index is 4.02. The van der Waals surface area contributed by atoms with Crippen LogP contribution in [0.3, 0.4) is 0 Å². The van der Waals surface area contributed by atoms with E-state index in [4.69, 9.17) is 37.1 Å². The summed E-state index contributed by atoms with van der Waals surface area (Å²) >= 11 is 3.62. The van der Waals surface area contributed by atoms with Gasteiger partial charge in [-0.15, -0.1) is 0 Å². The van der Waals surface area contributed by atoms with E-state index in [1.165, 1.54) is 0 Å². The van der Waals surface area contributed by atoms with Gasteiger partial charge in [-0.3, -0.25) is 0 Å². The molecule has 0 spiro atoms. The second-order valence-electron chi connectivity index (χ2n) is 1.76. The van der Waals surface area contributed by atoms with E-state index in [9.17, 15) is 0 Å². The zero-order chi connectivity index (χ0) is 7.00. The first-order chi connectivity index (χ1) is 3.25. The lowest BCUT2D eigenvalue weighted by Crippen LogP contribution is -2.59. The topological polar surface area (TPSA) is 26.0 Å². The maximum atomic E-state index is 5.08. The number of hydrogen-bond donors (Lipinski definition) is 2. The molecule has 0 amide bonds. The summed E-state index contributed by atoms with van der Waals surface area (Å²) in [5.41, 5.74) is 5.04. The molecule has 0 saturated heterocycles. The van der Waals surface area contributed by atoms with Crippen LogP contribution >= 0.6 is 12.6 Å². The Kier molecular flexibility index (Phi) is 2.22. The quantitative estimate of drug-likeness (QED) is 0.297. The highest BCUT2D eigenvalue weighted by Gasteiger charge is 2.26. The first kappa shape index (κ1) is 8.57. The fourth-order valence-electron chi connectivity index (χ4n) is 0. The Labute approximate surface area is 60.2 Å². The van der Waals surface area contributed by atoms with Crippen molar-refractivity contribution in [3.05, 3.63) is 0 Å². The maximum Gasteiger partial charge on any atom is 0.0815 e. The third-order valence-electron chi connectivity index (χ3n) is 0.694. The molecule has 0 heterocycles. The van der Waals surface area contributed by atoms with E-state index in [0.29, 0.717) is 0 Å². The summed E-state index contributed by atoms with van der Waals surface area (Å²) < 4.78 is -1.53. The summed E-state index contributed by atoms with van der Waals surface area (Å²) in [4.78, 5) is 0. The SMILES string of the molecule is [B]C([B])(N)C([B])([B])S. The maximum absolute atomic E-state index is 5.08. The molecule has 2 N–H and O–H groups in total. The molecule has 0 fully saturated rings. The van der Waals surface area contributed by atoms with E-state index in [-0.39, 0.29) is 0 Å². The van der Waals surface area contributed by atoms with Crippen molar-refractivity contribution in [1.29, 1.82) is 0 Å². The lowest BCUT2D eigenvalue weighted by atomic mass is 9.43. The summed E-state index contributed by atoms with van der Waals surface area (Å²) in [5.74, 6) is 0. The molecule has 0 aliphatic heterocycles. The third-order valence-corrected chi connectivity index (χ3v) is 1.08.